The molecule has 0 N–H and O–H groups in total. The fourth-order valence-electron chi connectivity index (χ4n) is 9.75. The van der Waals surface area contributed by atoms with E-state index in [0.29, 0.717) is 15.1 Å². The van der Waals surface area contributed by atoms with Crippen LogP contribution in [0.25, 0.3) is 38.8 Å². The zero-order valence-corrected chi connectivity index (χ0v) is 36.2. The monoisotopic (exact) mass is 787 g/mol. The van der Waals surface area contributed by atoms with Crippen LogP contribution in [0.1, 0.15) is 90.8 Å². The van der Waals surface area contributed by atoms with Crippen molar-refractivity contribution in [3.05, 3.63) is 175 Å². The van der Waals surface area contributed by atoms with Crippen molar-refractivity contribution in [3.63, 3.8) is 0 Å². The average Bonchev–Trinajstić information content (AvgIpc) is 3.74. The Hall–Kier alpha value is -6.01. The van der Waals surface area contributed by atoms with E-state index >= 15 is 0 Å². The summed E-state index contributed by atoms with van der Waals surface area (Å²) in [7, 11) is 0. The third-order valence-electron chi connectivity index (χ3n) is 13.2. The third kappa shape index (κ3) is 5.85. The van der Waals surface area contributed by atoms with Gasteiger partial charge in [-0.15, -0.1) is 0 Å². The summed E-state index contributed by atoms with van der Waals surface area (Å²) in [5.41, 5.74) is 13.9. The van der Waals surface area contributed by atoms with Gasteiger partial charge in [0.1, 0.15) is 17.3 Å². The summed E-state index contributed by atoms with van der Waals surface area (Å²) < 4.78 is 10.4. The molecule has 5 heteroatoms. The summed E-state index contributed by atoms with van der Waals surface area (Å²) in [4.78, 5) is 4.90. The zero-order valence-electron chi connectivity index (χ0n) is 36.2. The van der Waals surface area contributed by atoms with Gasteiger partial charge in [-0.05, 0) is 93.8 Å². The molecule has 2 aromatic heterocycles. The van der Waals surface area contributed by atoms with Gasteiger partial charge in [0.2, 0.25) is 11.4 Å². The lowest BCUT2D eigenvalue weighted by molar-refractivity contribution is 0.421. The number of rotatable bonds is 9. The van der Waals surface area contributed by atoms with Gasteiger partial charge in [0.15, 0.2) is 18.0 Å². The van der Waals surface area contributed by atoms with Crippen molar-refractivity contribution < 1.29 is 4.74 Å². The van der Waals surface area contributed by atoms with Gasteiger partial charge in [-0.25, -0.2) is 4.98 Å². The van der Waals surface area contributed by atoms with E-state index in [2.05, 4.69) is 212 Å². The molecular weight excluding hydrogens is 733 g/mol. The van der Waals surface area contributed by atoms with Crippen LogP contribution in [-0.2, 0) is 10.8 Å². The minimum atomic E-state index is -0.00127. The zero-order chi connectivity index (χ0) is 41.6. The van der Waals surface area contributed by atoms with Gasteiger partial charge in [0, 0.05) is 59.4 Å². The summed E-state index contributed by atoms with van der Waals surface area (Å²) in [5, 5.41) is 2.37. The standard InChI is InChI=1S/C55H55N4O/c1-9-37(10-2)39-29-40(38-17-12-11-13-18-38)31-44(30-39)59-36-58(59,52-32-41(54(3,4)5)23-26-51(52)59)43-19-16-20-45(34-43)60-46-24-25-48-47-21-14-15-22-49(47)57(50(48)35-46)53-33-42(27-28-56-53)55(6,7)8/h11-37H,9-10H2,1-8H3/q+1/t58?,59-/m0/s1. The number of hydrogen-bond acceptors (Lipinski definition) is 2. The minimum Gasteiger partial charge on any atom is -0.457 e. The summed E-state index contributed by atoms with van der Waals surface area (Å²) in [6.45, 7) is 20.8. The van der Waals surface area contributed by atoms with Crippen LogP contribution in [0.3, 0.4) is 0 Å². The molecule has 10 rings (SSSR count). The Labute approximate surface area is 355 Å². The van der Waals surface area contributed by atoms with Gasteiger partial charge in [-0.2, -0.15) is 9.18 Å². The second-order valence-corrected chi connectivity index (χ2v) is 18.9. The Morgan fingerprint density at radius 2 is 1.27 bits per heavy atom. The quantitative estimate of drug-likeness (QED) is 0.0828. The molecule has 300 valence electrons. The Kier molecular flexibility index (Phi) is 8.77. The number of aromatic nitrogens is 2. The summed E-state index contributed by atoms with van der Waals surface area (Å²) in [6, 6.07) is 53.5. The molecule has 2 aliphatic heterocycles. The van der Waals surface area contributed by atoms with Crippen molar-refractivity contribution in [2.75, 3.05) is 0 Å². The number of benzene rings is 6. The number of quaternary nitrogens is 2. The number of pyridine rings is 1. The molecule has 2 atom stereocenters. The van der Waals surface area contributed by atoms with Gasteiger partial charge in [-0.3, -0.25) is 4.57 Å². The lowest BCUT2D eigenvalue weighted by atomic mass is 9.86. The van der Waals surface area contributed by atoms with Crippen LogP contribution < -0.4 is 13.9 Å². The molecule has 2 aliphatic rings. The molecule has 6 aromatic carbocycles. The molecule has 60 heavy (non-hydrogen) atoms. The van der Waals surface area contributed by atoms with Crippen molar-refractivity contribution in [3.8, 4) is 28.4 Å². The molecule has 1 fully saturated rings. The lowest BCUT2D eigenvalue weighted by Gasteiger charge is -2.41. The predicted octanol–water partition coefficient (Wildman–Crippen LogP) is 15.5. The highest BCUT2D eigenvalue weighted by Crippen LogP contribution is 2.76. The van der Waals surface area contributed by atoms with Crippen LogP contribution in [-0.4, -0.2) is 9.55 Å². The number of para-hydroxylation sites is 1. The lowest BCUT2D eigenvalue weighted by Crippen LogP contribution is -2.46. The second kappa shape index (κ2) is 13.8. The number of nitrogens with zero attached hydrogens (tertiary/aromatic N) is 4. The minimum absolute atomic E-state index is 0.00127. The van der Waals surface area contributed by atoms with Crippen LogP contribution >= 0.6 is 0 Å². The van der Waals surface area contributed by atoms with E-state index in [4.69, 9.17) is 9.72 Å². The van der Waals surface area contributed by atoms with E-state index in [9.17, 15) is 0 Å². The summed E-state index contributed by atoms with van der Waals surface area (Å²) >= 11 is 0. The van der Waals surface area contributed by atoms with Crippen molar-refractivity contribution in [1.82, 2.24) is 18.7 Å². The highest BCUT2D eigenvalue weighted by atomic mass is 16.5. The Bertz CT molecular complexity index is 2950. The Morgan fingerprint density at radius 3 is 2.03 bits per heavy atom. The molecule has 0 aliphatic carbocycles. The highest BCUT2D eigenvalue weighted by molar-refractivity contribution is 6.09. The maximum absolute atomic E-state index is 6.87. The third-order valence-corrected chi connectivity index (χ3v) is 13.2. The molecular formula is C55H55N4O+. The van der Waals surface area contributed by atoms with Gasteiger partial charge < -0.3 is 4.74 Å². The summed E-state index contributed by atoms with van der Waals surface area (Å²) in [6.07, 6.45) is 4.14. The van der Waals surface area contributed by atoms with Crippen LogP contribution in [0.4, 0.5) is 22.7 Å². The van der Waals surface area contributed by atoms with Gasteiger partial charge >= 0.3 is 0 Å². The van der Waals surface area contributed by atoms with E-state index in [-0.39, 0.29) is 10.8 Å². The van der Waals surface area contributed by atoms with E-state index in [1.807, 2.05) is 6.20 Å². The largest absolute Gasteiger partial charge is 0.457 e. The SMILES string of the molecule is CCC(CC)c1cc(-c2ccccc2)cc([N@+]23[CH-][N+]2(c2cccc(Oc4ccc5c6ccccc6n(-c6cc(C(C)(C)C)ccn6)c5c4)c2)c2cc(C(C)(C)C)ccc23)c1. The molecule has 4 heterocycles. The number of fused-ring (bicyclic) bond motifs is 7. The van der Waals surface area contributed by atoms with Crippen LogP contribution in [0.15, 0.2) is 152 Å². The number of hydrogen-bond donors (Lipinski definition) is 0. The molecule has 1 unspecified atom stereocenters. The Balaban J connectivity index is 1.09. The van der Waals surface area contributed by atoms with E-state index in [1.54, 1.807) is 0 Å². The molecule has 5 nitrogen and oxygen atoms in total. The maximum Gasteiger partial charge on any atom is 0.225 e. The highest BCUT2D eigenvalue weighted by Gasteiger charge is 2.78. The maximum atomic E-state index is 6.87. The second-order valence-electron chi connectivity index (χ2n) is 18.9. The fraction of sp³-hybridized carbons (Fsp3) is 0.236. The summed E-state index contributed by atoms with van der Waals surface area (Å²) in [5.74, 6) is 2.99. The molecule has 0 saturated carbocycles. The molecule has 1 saturated heterocycles. The topological polar surface area (TPSA) is 27.1 Å². The van der Waals surface area contributed by atoms with Gasteiger partial charge in [0.05, 0.1) is 11.0 Å². The first kappa shape index (κ1) is 38.2. The first-order valence-corrected chi connectivity index (χ1v) is 21.7. The molecule has 0 amide bonds. The van der Waals surface area contributed by atoms with E-state index in [0.717, 1.165) is 41.2 Å². The average molecular weight is 788 g/mol. The van der Waals surface area contributed by atoms with Crippen molar-refractivity contribution in [2.45, 2.75) is 85.0 Å². The van der Waals surface area contributed by atoms with Crippen LogP contribution in [0.5, 0.6) is 11.5 Å². The van der Waals surface area contributed by atoms with Crippen LogP contribution in [0, 0.1) is 6.67 Å². The van der Waals surface area contributed by atoms with Crippen molar-refractivity contribution >= 4 is 44.6 Å². The fourth-order valence-corrected chi connectivity index (χ4v) is 9.75. The smallest absolute Gasteiger partial charge is 0.225 e. The molecule has 0 spiro atoms. The van der Waals surface area contributed by atoms with Crippen molar-refractivity contribution in [1.29, 1.82) is 0 Å². The van der Waals surface area contributed by atoms with Crippen molar-refractivity contribution in [2.24, 2.45) is 0 Å². The first-order valence-electron chi connectivity index (χ1n) is 21.7. The normalized spacial score (nSPS) is 18.4. The van der Waals surface area contributed by atoms with Crippen LogP contribution in [0.2, 0.25) is 0 Å². The first-order chi connectivity index (χ1) is 28.9. The van der Waals surface area contributed by atoms with E-state index in [1.165, 1.54) is 61.3 Å². The Morgan fingerprint density at radius 1 is 0.567 bits per heavy atom. The molecule has 8 aromatic rings. The number of ether oxygens (including phenoxy) is 1. The van der Waals surface area contributed by atoms with Gasteiger partial charge in [-0.1, -0.05) is 122 Å². The molecule has 0 radical (unpaired) electrons. The van der Waals surface area contributed by atoms with E-state index < -0.39 is 0 Å². The predicted molar refractivity (Wildman–Crippen MR) is 251 cm³/mol. The van der Waals surface area contributed by atoms with Gasteiger partial charge in [0.25, 0.3) is 0 Å². The molecule has 0 bridgehead atoms.